The van der Waals surface area contributed by atoms with E-state index >= 15 is 0 Å². The number of aromatic nitrogens is 1. The molecule has 0 aliphatic carbocycles. The van der Waals surface area contributed by atoms with Gasteiger partial charge in [-0.05, 0) is 17.5 Å². The molecule has 0 amide bonds. The highest BCUT2D eigenvalue weighted by molar-refractivity contribution is 7.92. The van der Waals surface area contributed by atoms with E-state index in [-0.39, 0.29) is 20.5 Å². The lowest BCUT2D eigenvalue weighted by Gasteiger charge is -2.08. The quantitative estimate of drug-likeness (QED) is 0.818. The fourth-order valence-electron chi connectivity index (χ4n) is 1.44. The molecule has 0 atom stereocenters. The summed E-state index contributed by atoms with van der Waals surface area (Å²) in [7, 11) is -2.80. The first-order chi connectivity index (χ1) is 9.85. The zero-order valence-electron chi connectivity index (χ0n) is 10.5. The topological polar surface area (TPSA) is 105 Å². The molecule has 0 saturated heterocycles. The minimum atomic E-state index is -3.99. The van der Waals surface area contributed by atoms with Gasteiger partial charge in [0.2, 0.25) is 0 Å². The average molecular weight is 349 g/mol. The second kappa shape index (κ2) is 5.88. The molecule has 0 saturated carbocycles. The van der Waals surface area contributed by atoms with Crippen LogP contribution in [0.2, 0.25) is 5.02 Å². The van der Waals surface area contributed by atoms with Gasteiger partial charge >= 0.3 is 5.97 Å². The van der Waals surface area contributed by atoms with E-state index in [0.717, 1.165) is 23.6 Å². The number of carbonyl (C=O) groups is 1. The third kappa shape index (κ3) is 3.26. The van der Waals surface area contributed by atoms with Gasteiger partial charge in [-0.3, -0.25) is 9.52 Å². The zero-order valence-corrected chi connectivity index (χ0v) is 12.9. The Labute approximate surface area is 128 Å². The van der Waals surface area contributed by atoms with Crippen LogP contribution in [0, 0.1) is 0 Å². The van der Waals surface area contributed by atoms with Gasteiger partial charge in [0, 0.05) is 6.20 Å². The van der Waals surface area contributed by atoms with Crippen molar-refractivity contribution in [2.75, 3.05) is 11.8 Å². The largest absolute Gasteiger partial charge is 0.465 e. The highest BCUT2D eigenvalue weighted by Crippen LogP contribution is 2.26. The third-order valence-electron chi connectivity index (χ3n) is 2.42. The predicted octanol–water partition coefficient (Wildman–Crippen LogP) is 1.68. The molecule has 0 aliphatic heterocycles. The number of H-pyrrole nitrogens is 1. The van der Waals surface area contributed by atoms with Crippen LogP contribution < -0.4 is 10.3 Å². The fourth-order valence-corrected chi connectivity index (χ4v) is 3.57. The highest BCUT2D eigenvalue weighted by Gasteiger charge is 2.21. The molecule has 2 aromatic heterocycles. The molecule has 21 heavy (non-hydrogen) atoms. The Balaban J connectivity index is 2.38. The summed E-state index contributed by atoms with van der Waals surface area (Å²) in [4.78, 5) is 24.7. The van der Waals surface area contributed by atoms with Gasteiger partial charge in [0.25, 0.3) is 15.6 Å². The number of halogens is 1. The first-order valence-corrected chi connectivity index (χ1v) is 8.16. The number of anilines is 1. The predicted molar refractivity (Wildman–Crippen MR) is 78.5 cm³/mol. The lowest BCUT2D eigenvalue weighted by Crippen LogP contribution is -2.17. The minimum absolute atomic E-state index is 0.0918. The van der Waals surface area contributed by atoms with Gasteiger partial charge in [0.05, 0.1) is 12.8 Å². The van der Waals surface area contributed by atoms with Crippen LogP contribution in [0.5, 0.6) is 0 Å². The van der Waals surface area contributed by atoms with Gasteiger partial charge in [-0.25, -0.2) is 13.2 Å². The summed E-state index contributed by atoms with van der Waals surface area (Å²) in [6.07, 6.45) is 1.01. The van der Waals surface area contributed by atoms with Crippen molar-refractivity contribution in [2.45, 2.75) is 4.90 Å². The van der Waals surface area contributed by atoms with Crippen molar-refractivity contribution in [3.05, 3.63) is 44.0 Å². The lowest BCUT2D eigenvalue weighted by molar-refractivity contribution is 0.0607. The summed E-state index contributed by atoms with van der Waals surface area (Å²) in [6, 6.07) is 2.45. The van der Waals surface area contributed by atoms with Crippen molar-refractivity contribution < 1.29 is 17.9 Å². The smallest absolute Gasteiger partial charge is 0.350 e. The van der Waals surface area contributed by atoms with E-state index in [2.05, 4.69) is 14.4 Å². The zero-order chi connectivity index (χ0) is 15.6. The number of rotatable bonds is 4. The summed E-state index contributed by atoms with van der Waals surface area (Å²) in [5.74, 6) is -0.651. The van der Waals surface area contributed by atoms with Crippen LogP contribution in [0.1, 0.15) is 9.67 Å². The Kier molecular flexibility index (Phi) is 4.35. The number of methoxy groups -OCH3 is 1. The van der Waals surface area contributed by atoms with Crippen LogP contribution in [-0.2, 0) is 14.8 Å². The van der Waals surface area contributed by atoms with Crippen LogP contribution in [0.15, 0.2) is 33.4 Å². The number of carbonyl (C=O) groups excluding carboxylic acids is 1. The van der Waals surface area contributed by atoms with E-state index in [9.17, 15) is 18.0 Å². The SMILES string of the molecule is COC(=O)c1sccc1NS(=O)(=O)c1c[nH]c(=O)c(Cl)c1. The summed E-state index contributed by atoms with van der Waals surface area (Å²) < 4.78 is 31.2. The standard InChI is InChI=1S/C11H9ClN2O5S2/c1-19-11(16)9-8(2-3-20-9)14-21(17,18)6-4-7(12)10(15)13-5-6/h2-5,14H,1H3,(H,13,15). The van der Waals surface area contributed by atoms with Gasteiger partial charge in [0.1, 0.15) is 14.8 Å². The molecular weight excluding hydrogens is 340 g/mol. The Morgan fingerprint density at radius 1 is 1.48 bits per heavy atom. The van der Waals surface area contributed by atoms with E-state index < -0.39 is 21.6 Å². The molecule has 2 aromatic rings. The van der Waals surface area contributed by atoms with Crippen molar-refractivity contribution >= 4 is 44.6 Å². The number of esters is 1. The van der Waals surface area contributed by atoms with Gasteiger partial charge in [-0.1, -0.05) is 11.6 Å². The summed E-state index contributed by atoms with van der Waals surface area (Å²) >= 11 is 6.64. The molecule has 2 rings (SSSR count). The van der Waals surface area contributed by atoms with E-state index in [1.54, 1.807) is 5.38 Å². The van der Waals surface area contributed by atoms with E-state index in [0.29, 0.717) is 0 Å². The van der Waals surface area contributed by atoms with Crippen LogP contribution in [-0.4, -0.2) is 26.5 Å². The van der Waals surface area contributed by atoms with Crippen molar-refractivity contribution in [3.8, 4) is 0 Å². The summed E-state index contributed by atoms with van der Waals surface area (Å²) in [6.45, 7) is 0. The molecule has 0 fully saturated rings. The maximum Gasteiger partial charge on any atom is 0.350 e. The molecule has 10 heteroatoms. The Hall–Kier alpha value is -1.84. The molecule has 112 valence electrons. The molecule has 0 aromatic carbocycles. The first-order valence-electron chi connectivity index (χ1n) is 5.42. The third-order valence-corrected chi connectivity index (χ3v) is 4.94. The summed E-state index contributed by atoms with van der Waals surface area (Å²) in [5.41, 5.74) is -0.504. The lowest BCUT2D eigenvalue weighted by atomic mass is 10.4. The van der Waals surface area contributed by atoms with Gasteiger partial charge in [-0.15, -0.1) is 11.3 Å². The van der Waals surface area contributed by atoms with E-state index in [1.165, 1.54) is 13.2 Å². The summed E-state index contributed by atoms with van der Waals surface area (Å²) in [5, 5.41) is 1.29. The molecule has 2 heterocycles. The second-order valence-corrected chi connectivity index (χ2v) is 6.78. The second-order valence-electron chi connectivity index (χ2n) is 3.77. The van der Waals surface area contributed by atoms with Gasteiger partial charge < -0.3 is 9.72 Å². The minimum Gasteiger partial charge on any atom is -0.465 e. The van der Waals surface area contributed by atoms with E-state index in [4.69, 9.17) is 11.6 Å². The Morgan fingerprint density at radius 2 is 2.19 bits per heavy atom. The highest BCUT2D eigenvalue weighted by atomic mass is 35.5. The van der Waals surface area contributed by atoms with Gasteiger partial charge in [0.15, 0.2) is 0 Å². The Morgan fingerprint density at radius 3 is 2.81 bits per heavy atom. The number of ether oxygens (including phenoxy) is 1. The molecule has 0 aliphatic rings. The number of hydrogen-bond acceptors (Lipinski definition) is 6. The molecule has 0 radical (unpaired) electrons. The Bertz CT molecular complexity index is 840. The van der Waals surface area contributed by atoms with E-state index in [1.807, 2.05) is 0 Å². The number of nitrogens with one attached hydrogen (secondary N) is 2. The van der Waals surface area contributed by atoms with Crippen molar-refractivity contribution in [1.29, 1.82) is 0 Å². The van der Waals surface area contributed by atoms with Crippen LogP contribution >= 0.6 is 22.9 Å². The van der Waals surface area contributed by atoms with Crippen molar-refractivity contribution in [3.63, 3.8) is 0 Å². The molecule has 0 spiro atoms. The number of pyridine rings is 1. The van der Waals surface area contributed by atoms with Crippen LogP contribution in [0.4, 0.5) is 5.69 Å². The molecule has 0 bridgehead atoms. The van der Waals surface area contributed by atoms with Crippen LogP contribution in [0.3, 0.4) is 0 Å². The maximum absolute atomic E-state index is 12.2. The number of sulfonamides is 1. The fraction of sp³-hybridized carbons (Fsp3) is 0.0909. The molecular formula is C11H9ClN2O5S2. The normalized spacial score (nSPS) is 11.1. The average Bonchev–Trinajstić information content (AvgIpc) is 2.88. The number of thiophene rings is 1. The number of aromatic amines is 1. The van der Waals surface area contributed by atoms with Crippen molar-refractivity contribution in [2.24, 2.45) is 0 Å². The van der Waals surface area contributed by atoms with Crippen molar-refractivity contribution in [1.82, 2.24) is 4.98 Å². The van der Waals surface area contributed by atoms with Gasteiger partial charge in [-0.2, -0.15) is 0 Å². The van der Waals surface area contributed by atoms with Crippen LogP contribution in [0.25, 0.3) is 0 Å². The monoisotopic (exact) mass is 348 g/mol. The molecule has 7 nitrogen and oxygen atoms in total. The first kappa shape index (κ1) is 15.5. The molecule has 0 unspecified atom stereocenters. The number of hydrogen-bond donors (Lipinski definition) is 2. The maximum atomic E-state index is 12.2. The molecule has 2 N–H and O–H groups in total.